The Labute approximate surface area is 134 Å². The van der Waals surface area contributed by atoms with E-state index in [9.17, 15) is 0 Å². The Morgan fingerprint density at radius 2 is 2.14 bits per heavy atom. The fraction of sp³-hybridized carbons (Fsp3) is 0.571. The third kappa shape index (κ3) is 3.53. The summed E-state index contributed by atoms with van der Waals surface area (Å²) in [5.41, 5.74) is 3.27. The van der Waals surface area contributed by atoms with E-state index >= 15 is 0 Å². The SMILES string of the molecule is CNC(c1cc(C)nn1C)c1c(Br)cnn1CCN(C)C. The highest BCUT2D eigenvalue weighted by Crippen LogP contribution is 2.28. The van der Waals surface area contributed by atoms with Gasteiger partial charge in [-0.3, -0.25) is 9.36 Å². The van der Waals surface area contributed by atoms with Gasteiger partial charge in [0.05, 0.1) is 40.3 Å². The predicted octanol–water partition coefficient (Wildman–Crippen LogP) is 1.56. The number of aromatic nitrogens is 4. The Balaban J connectivity index is 2.38. The Bertz CT molecular complexity index is 601. The van der Waals surface area contributed by atoms with Gasteiger partial charge in [0.1, 0.15) is 0 Å². The highest BCUT2D eigenvalue weighted by atomic mass is 79.9. The van der Waals surface area contributed by atoms with Crippen LogP contribution in [0.3, 0.4) is 0 Å². The minimum absolute atomic E-state index is 0.0511. The molecule has 21 heavy (non-hydrogen) atoms. The van der Waals surface area contributed by atoms with Crippen molar-refractivity contribution in [2.24, 2.45) is 7.05 Å². The fourth-order valence-corrected chi connectivity index (χ4v) is 2.98. The normalized spacial score (nSPS) is 13.1. The molecule has 2 rings (SSSR count). The van der Waals surface area contributed by atoms with Gasteiger partial charge in [-0.25, -0.2) is 0 Å². The molecule has 0 aliphatic heterocycles. The summed E-state index contributed by atoms with van der Waals surface area (Å²) in [7, 11) is 8.07. The molecule has 2 aromatic heterocycles. The molecule has 0 amide bonds. The van der Waals surface area contributed by atoms with Crippen LogP contribution in [0.2, 0.25) is 0 Å². The molecule has 6 nitrogen and oxygen atoms in total. The number of nitrogens with zero attached hydrogens (tertiary/aromatic N) is 5. The Morgan fingerprint density at radius 1 is 1.43 bits per heavy atom. The van der Waals surface area contributed by atoms with Crippen LogP contribution in [-0.4, -0.2) is 52.1 Å². The molecule has 0 saturated heterocycles. The largest absolute Gasteiger partial charge is 0.308 e. The van der Waals surface area contributed by atoms with Gasteiger partial charge in [0, 0.05) is 13.6 Å². The lowest BCUT2D eigenvalue weighted by Gasteiger charge is -2.20. The molecule has 1 atom stereocenters. The van der Waals surface area contributed by atoms with Crippen LogP contribution in [0.4, 0.5) is 0 Å². The van der Waals surface area contributed by atoms with E-state index in [0.717, 1.165) is 34.6 Å². The molecule has 0 aliphatic carbocycles. The second-order valence-corrected chi connectivity index (χ2v) is 6.31. The minimum atomic E-state index is 0.0511. The van der Waals surface area contributed by atoms with E-state index in [2.05, 4.69) is 56.5 Å². The van der Waals surface area contributed by atoms with E-state index in [1.54, 1.807) is 0 Å². The third-order valence-corrected chi connectivity index (χ3v) is 4.10. The highest BCUT2D eigenvalue weighted by molar-refractivity contribution is 9.10. The molecule has 0 radical (unpaired) electrons. The van der Waals surface area contributed by atoms with E-state index in [1.165, 1.54) is 0 Å². The summed E-state index contributed by atoms with van der Waals surface area (Å²) in [6, 6.07) is 2.16. The van der Waals surface area contributed by atoms with Crippen LogP contribution in [0.5, 0.6) is 0 Å². The van der Waals surface area contributed by atoms with Crippen molar-refractivity contribution in [1.82, 2.24) is 29.8 Å². The van der Waals surface area contributed by atoms with Crippen LogP contribution in [0.1, 0.15) is 23.1 Å². The second-order valence-electron chi connectivity index (χ2n) is 5.46. The molecule has 0 saturated carbocycles. The van der Waals surface area contributed by atoms with Gasteiger partial charge in [-0.15, -0.1) is 0 Å². The van der Waals surface area contributed by atoms with Gasteiger partial charge >= 0.3 is 0 Å². The molecule has 1 unspecified atom stereocenters. The van der Waals surface area contributed by atoms with Gasteiger partial charge in [0.2, 0.25) is 0 Å². The first kappa shape index (κ1) is 16.2. The van der Waals surface area contributed by atoms with Crippen molar-refractivity contribution in [2.75, 3.05) is 27.7 Å². The van der Waals surface area contributed by atoms with Crippen molar-refractivity contribution in [3.05, 3.63) is 33.8 Å². The van der Waals surface area contributed by atoms with E-state index < -0.39 is 0 Å². The zero-order chi connectivity index (χ0) is 15.6. The van der Waals surface area contributed by atoms with Gasteiger partial charge in [0.25, 0.3) is 0 Å². The monoisotopic (exact) mass is 354 g/mol. The molecule has 1 N–H and O–H groups in total. The summed E-state index contributed by atoms with van der Waals surface area (Å²) < 4.78 is 4.99. The van der Waals surface area contributed by atoms with Gasteiger partial charge in [0.15, 0.2) is 0 Å². The first-order valence-corrected chi connectivity index (χ1v) is 7.77. The average Bonchev–Trinajstić information content (AvgIpc) is 2.93. The van der Waals surface area contributed by atoms with Gasteiger partial charge in [-0.2, -0.15) is 10.2 Å². The second kappa shape index (κ2) is 6.72. The lowest BCUT2D eigenvalue weighted by molar-refractivity contribution is 0.365. The predicted molar refractivity (Wildman–Crippen MR) is 87.3 cm³/mol. The number of aryl methyl sites for hydroxylation is 2. The van der Waals surface area contributed by atoms with Crippen LogP contribution in [0, 0.1) is 6.92 Å². The quantitative estimate of drug-likeness (QED) is 0.855. The van der Waals surface area contributed by atoms with Gasteiger partial charge < -0.3 is 10.2 Å². The van der Waals surface area contributed by atoms with Crippen molar-refractivity contribution in [1.29, 1.82) is 0 Å². The molecule has 116 valence electrons. The molecule has 0 bridgehead atoms. The van der Waals surface area contributed by atoms with Crippen LogP contribution in [0.25, 0.3) is 0 Å². The topological polar surface area (TPSA) is 50.9 Å². The zero-order valence-corrected chi connectivity index (χ0v) is 14.8. The van der Waals surface area contributed by atoms with Crippen molar-refractivity contribution < 1.29 is 0 Å². The maximum Gasteiger partial charge on any atom is 0.0927 e. The van der Waals surface area contributed by atoms with Crippen molar-refractivity contribution in [3.8, 4) is 0 Å². The number of halogens is 1. The van der Waals surface area contributed by atoms with Gasteiger partial charge in [-0.05, 0) is 50.1 Å². The summed E-state index contributed by atoms with van der Waals surface area (Å²) >= 11 is 3.63. The third-order valence-electron chi connectivity index (χ3n) is 3.49. The standard InChI is InChI=1S/C14H23BrN6/c1-10-8-12(20(5)18-10)13(16-2)14-11(15)9-17-21(14)7-6-19(3)4/h8-9,13,16H,6-7H2,1-5H3. The fourth-order valence-electron chi connectivity index (χ4n) is 2.46. The smallest absolute Gasteiger partial charge is 0.0927 e. The molecule has 0 fully saturated rings. The van der Waals surface area contributed by atoms with Crippen LogP contribution in [0.15, 0.2) is 16.7 Å². The van der Waals surface area contributed by atoms with E-state index in [-0.39, 0.29) is 6.04 Å². The lowest BCUT2D eigenvalue weighted by atomic mass is 10.1. The first-order valence-electron chi connectivity index (χ1n) is 6.97. The molecule has 7 heteroatoms. The summed E-state index contributed by atoms with van der Waals surface area (Å²) in [6.45, 7) is 3.81. The van der Waals surface area contributed by atoms with Crippen molar-refractivity contribution in [3.63, 3.8) is 0 Å². The molecule has 0 aromatic carbocycles. The molecule has 2 heterocycles. The molecular weight excluding hydrogens is 332 g/mol. The maximum absolute atomic E-state index is 4.49. The van der Waals surface area contributed by atoms with E-state index in [4.69, 9.17) is 0 Å². The van der Waals surface area contributed by atoms with E-state index in [0.29, 0.717) is 0 Å². The first-order chi connectivity index (χ1) is 9.93. The van der Waals surface area contributed by atoms with Crippen molar-refractivity contribution >= 4 is 15.9 Å². The Morgan fingerprint density at radius 3 is 2.67 bits per heavy atom. The Hall–Kier alpha value is -1.18. The minimum Gasteiger partial charge on any atom is -0.308 e. The lowest BCUT2D eigenvalue weighted by Crippen LogP contribution is -2.26. The van der Waals surface area contributed by atoms with E-state index in [1.807, 2.05) is 36.6 Å². The van der Waals surface area contributed by atoms with Gasteiger partial charge in [-0.1, -0.05) is 0 Å². The number of likely N-dealkylation sites (N-methyl/N-ethyl adjacent to an activating group) is 1. The molecule has 0 spiro atoms. The summed E-state index contributed by atoms with van der Waals surface area (Å²) in [4.78, 5) is 2.15. The molecule has 2 aromatic rings. The number of nitrogens with one attached hydrogen (secondary N) is 1. The summed E-state index contributed by atoms with van der Waals surface area (Å²) in [5, 5.41) is 12.3. The molecule has 0 aliphatic rings. The number of rotatable bonds is 6. The molecular formula is C14H23BrN6. The number of hydrogen-bond acceptors (Lipinski definition) is 4. The summed E-state index contributed by atoms with van der Waals surface area (Å²) in [5.74, 6) is 0. The van der Waals surface area contributed by atoms with Crippen LogP contribution in [-0.2, 0) is 13.6 Å². The van der Waals surface area contributed by atoms with Crippen molar-refractivity contribution in [2.45, 2.75) is 19.5 Å². The highest BCUT2D eigenvalue weighted by Gasteiger charge is 2.23. The summed E-state index contributed by atoms with van der Waals surface area (Å²) in [6.07, 6.45) is 1.86. The Kier molecular flexibility index (Phi) is 5.18. The zero-order valence-electron chi connectivity index (χ0n) is 13.3. The number of hydrogen-bond donors (Lipinski definition) is 1. The average molecular weight is 355 g/mol. The van der Waals surface area contributed by atoms with Crippen LogP contribution < -0.4 is 5.32 Å². The van der Waals surface area contributed by atoms with Crippen LogP contribution >= 0.6 is 15.9 Å². The maximum atomic E-state index is 4.49.